The van der Waals surface area contributed by atoms with Crippen molar-refractivity contribution in [3.05, 3.63) is 58.1 Å². The highest BCUT2D eigenvalue weighted by molar-refractivity contribution is 5.96. The summed E-state index contributed by atoms with van der Waals surface area (Å²) >= 11 is 0. The maximum Gasteiger partial charge on any atom is 0.293 e. The first-order valence-electron chi connectivity index (χ1n) is 11.2. The number of piperazine rings is 1. The first kappa shape index (κ1) is 21.9. The predicted octanol–water partition coefficient (Wildman–Crippen LogP) is 3.75. The summed E-state index contributed by atoms with van der Waals surface area (Å²) in [5.41, 5.74) is 1.96. The Morgan fingerprint density at radius 1 is 0.969 bits per heavy atom. The lowest BCUT2D eigenvalue weighted by Crippen LogP contribution is -2.48. The van der Waals surface area contributed by atoms with E-state index in [-0.39, 0.29) is 22.3 Å². The van der Waals surface area contributed by atoms with Gasteiger partial charge in [-0.1, -0.05) is 13.8 Å². The summed E-state index contributed by atoms with van der Waals surface area (Å²) in [5, 5.41) is 21.3. The molecule has 8 heteroatoms. The number of rotatable bonds is 4. The van der Waals surface area contributed by atoms with Gasteiger partial charge in [0.05, 0.1) is 4.92 Å². The summed E-state index contributed by atoms with van der Waals surface area (Å²) in [6.07, 6.45) is 1.12. The Labute approximate surface area is 188 Å². The third-order valence-corrected chi connectivity index (χ3v) is 6.41. The number of hydrogen-bond acceptors (Lipinski definition) is 6. The minimum atomic E-state index is -0.376. The Bertz CT molecular complexity index is 976. The largest absolute Gasteiger partial charge is 0.508 e. The standard InChI is InChI=1S/C24H30N4O4/c1-17-13-18(2)16-27(15-17)22-8-3-19(14-23(22)28(31)32)24(30)26-11-9-25(10-12-26)20-4-6-21(29)7-5-20/h3-8,14,17-18,29H,9-13,15-16H2,1-2H3. The van der Waals surface area contributed by atoms with Crippen molar-refractivity contribution in [3.8, 4) is 5.75 Å². The van der Waals surface area contributed by atoms with Gasteiger partial charge in [-0.2, -0.15) is 0 Å². The van der Waals surface area contributed by atoms with Crippen LogP contribution >= 0.6 is 0 Å². The number of carbonyl (C=O) groups excluding carboxylic acids is 1. The molecule has 0 aliphatic carbocycles. The predicted molar refractivity (Wildman–Crippen MR) is 124 cm³/mol. The van der Waals surface area contributed by atoms with Crippen LogP contribution in [0.4, 0.5) is 17.1 Å². The number of phenolic OH excluding ortho intramolecular Hbond substituents is 1. The van der Waals surface area contributed by atoms with Gasteiger partial charge in [0.2, 0.25) is 0 Å². The van der Waals surface area contributed by atoms with Crippen molar-refractivity contribution < 1.29 is 14.8 Å². The molecular weight excluding hydrogens is 408 g/mol. The summed E-state index contributed by atoms with van der Waals surface area (Å²) in [6.45, 7) is 8.33. The molecule has 2 fully saturated rings. The zero-order chi connectivity index (χ0) is 22.8. The normalized spacial score (nSPS) is 21.5. The van der Waals surface area contributed by atoms with Crippen LogP contribution in [0.3, 0.4) is 0 Å². The number of amides is 1. The van der Waals surface area contributed by atoms with Crippen molar-refractivity contribution in [2.45, 2.75) is 20.3 Å². The second-order valence-corrected chi connectivity index (χ2v) is 9.11. The van der Waals surface area contributed by atoms with Gasteiger partial charge in [-0.3, -0.25) is 14.9 Å². The Morgan fingerprint density at radius 2 is 1.59 bits per heavy atom. The number of anilines is 2. The number of nitro groups is 1. The van der Waals surface area contributed by atoms with Crippen LogP contribution in [-0.2, 0) is 0 Å². The van der Waals surface area contributed by atoms with E-state index in [4.69, 9.17) is 0 Å². The fourth-order valence-corrected chi connectivity index (χ4v) is 4.94. The highest BCUT2D eigenvalue weighted by atomic mass is 16.6. The molecule has 0 radical (unpaired) electrons. The number of phenols is 1. The zero-order valence-electron chi connectivity index (χ0n) is 18.6. The average molecular weight is 439 g/mol. The SMILES string of the molecule is CC1CC(C)CN(c2ccc(C(=O)N3CCN(c4ccc(O)cc4)CC3)cc2[N+](=O)[O-])C1. The smallest absolute Gasteiger partial charge is 0.293 e. The molecule has 2 unspecified atom stereocenters. The number of piperidine rings is 1. The van der Waals surface area contributed by atoms with Crippen molar-refractivity contribution in [2.75, 3.05) is 49.1 Å². The number of nitro benzene ring substituents is 1. The molecule has 32 heavy (non-hydrogen) atoms. The van der Waals surface area contributed by atoms with Crippen molar-refractivity contribution in [1.29, 1.82) is 0 Å². The Kier molecular flexibility index (Phi) is 6.21. The van der Waals surface area contributed by atoms with Gasteiger partial charge in [-0.25, -0.2) is 0 Å². The Morgan fingerprint density at radius 3 is 2.19 bits per heavy atom. The molecule has 8 nitrogen and oxygen atoms in total. The first-order valence-corrected chi connectivity index (χ1v) is 11.2. The van der Waals surface area contributed by atoms with Crippen molar-refractivity contribution in [1.82, 2.24) is 4.90 Å². The van der Waals surface area contributed by atoms with Crippen LogP contribution in [0.25, 0.3) is 0 Å². The van der Waals surface area contributed by atoms with Gasteiger partial charge >= 0.3 is 0 Å². The average Bonchev–Trinajstić information content (AvgIpc) is 2.78. The summed E-state index contributed by atoms with van der Waals surface area (Å²) in [6, 6.07) is 11.9. The van der Waals surface area contributed by atoms with Gasteiger partial charge in [0.15, 0.2) is 0 Å². The van der Waals surface area contributed by atoms with Crippen molar-refractivity contribution in [3.63, 3.8) is 0 Å². The summed E-state index contributed by atoms with van der Waals surface area (Å²) in [5.74, 6) is 1.00. The van der Waals surface area contributed by atoms with E-state index in [2.05, 4.69) is 23.6 Å². The zero-order valence-corrected chi connectivity index (χ0v) is 18.6. The van der Waals surface area contributed by atoms with Crippen LogP contribution in [0.2, 0.25) is 0 Å². The fourth-order valence-electron chi connectivity index (χ4n) is 4.94. The number of aromatic hydroxyl groups is 1. The molecule has 2 aromatic carbocycles. The van der Waals surface area contributed by atoms with E-state index in [9.17, 15) is 20.0 Å². The highest BCUT2D eigenvalue weighted by Gasteiger charge is 2.29. The van der Waals surface area contributed by atoms with Gasteiger partial charge in [0.25, 0.3) is 11.6 Å². The maximum atomic E-state index is 13.1. The maximum absolute atomic E-state index is 13.1. The molecule has 2 aliphatic heterocycles. The lowest BCUT2D eigenvalue weighted by atomic mass is 9.91. The molecule has 2 aromatic rings. The molecule has 1 amide bonds. The first-order chi connectivity index (χ1) is 15.3. The van der Waals surface area contributed by atoms with E-state index in [1.807, 2.05) is 12.1 Å². The minimum Gasteiger partial charge on any atom is -0.508 e. The fraction of sp³-hybridized carbons (Fsp3) is 0.458. The second-order valence-electron chi connectivity index (χ2n) is 9.11. The molecule has 0 spiro atoms. The lowest BCUT2D eigenvalue weighted by Gasteiger charge is -2.37. The van der Waals surface area contributed by atoms with E-state index < -0.39 is 0 Å². The second kappa shape index (κ2) is 9.06. The van der Waals surface area contributed by atoms with E-state index in [1.54, 1.807) is 29.2 Å². The van der Waals surface area contributed by atoms with Crippen molar-refractivity contribution >= 4 is 23.0 Å². The Balaban J connectivity index is 1.47. The van der Waals surface area contributed by atoms with E-state index in [1.165, 1.54) is 6.07 Å². The molecule has 0 aromatic heterocycles. The van der Waals surface area contributed by atoms with Crippen LogP contribution in [0.1, 0.15) is 30.6 Å². The van der Waals surface area contributed by atoms with Gasteiger partial charge in [0, 0.05) is 56.6 Å². The molecular formula is C24H30N4O4. The van der Waals surface area contributed by atoms with Crippen LogP contribution < -0.4 is 9.80 Å². The summed E-state index contributed by atoms with van der Waals surface area (Å²) in [7, 11) is 0. The van der Waals surface area contributed by atoms with Crippen LogP contribution in [0, 0.1) is 22.0 Å². The number of benzene rings is 2. The minimum absolute atomic E-state index is 0.000112. The van der Waals surface area contributed by atoms with Crippen LogP contribution in [0.5, 0.6) is 5.75 Å². The summed E-state index contributed by atoms with van der Waals surface area (Å²) in [4.78, 5) is 30.5. The van der Waals surface area contributed by atoms with Crippen LogP contribution in [0.15, 0.2) is 42.5 Å². The highest BCUT2D eigenvalue weighted by Crippen LogP contribution is 2.34. The summed E-state index contributed by atoms with van der Waals surface area (Å²) < 4.78 is 0. The topological polar surface area (TPSA) is 90.2 Å². The molecule has 2 heterocycles. The molecule has 170 valence electrons. The number of hydrogen-bond donors (Lipinski definition) is 1. The molecule has 2 aliphatic rings. The molecule has 0 bridgehead atoms. The number of nitrogens with zero attached hydrogens (tertiary/aromatic N) is 4. The van der Waals surface area contributed by atoms with E-state index in [0.29, 0.717) is 49.3 Å². The van der Waals surface area contributed by atoms with E-state index in [0.717, 1.165) is 25.2 Å². The van der Waals surface area contributed by atoms with Crippen LogP contribution in [-0.4, -0.2) is 60.1 Å². The van der Waals surface area contributed by atoms with Gasteiger partial charge < -0.3 is 19.8 Å². The van der Waals surface area contributed by atoms with Gasteiger partial charge in [-0.15, -0.1) is 0 Å². The third-order valence-electron chi connectivity index (χ3n) is 6.41. The molecule has 1 N–H and O–H groups in total. The van der Waals surface area contributed by atoms with Gasteiger partial charge in [-0.05, 0) is 54.7 Å². The molecule has 2 atom stereocenters. The molecule has 0 saturated carbocycles. The molecule has 2 saturated heterocycles. The van der Waals surface area contributed by atoms with Gasteiger partial charge in [0.1, 0.15) is 11.4 Å². The van der Waals surface area contributed by atoms with E-state index >= 15 is 0 Å². The molecule has 4 rings (SSSR count). The Hall–Kier alpha value is -3.29. The van der Waals surface area contributed by atoms with Crippen molar-refractivity contribution in [2.24, 2.45) is 11.8 Å². The monoisotopic (exact) mass is 438 g/mol. The lowest BCUT2D eigenvalue weighted by molar-refractivity contribution is -0.384. The third kappa shape index (κ3) is 4.64. The quantitative estimate of drug-likeness (QED) is 0.578. The number of carbonyl (C=O) groups is 1.